The quantitative estimate of drug-likeness (QED) is 0.696. The first kappa shape index (κ1) is 18.1. The van der Waals surface area contributed by atoms with E-state index in [-0.39, 0.29) is 28.7 Å². The van der Waals surface area contributed by atoms with Crippen LogP contribution in [0, 0.1) is 11.7 Å². The Kier molecular flexibility index (Phi) is 4.21. The van der Waals surface area contributed by atoms with Gasteiger partial charge in [-0.2, -0.15) is 0 Å². The molecule has 8 heteroatoms. The van der Waals surface area contributed by atoms with Crippen molar-refractivity contribution in [2.75, 3.05) is 18.0 Å². The number of amides is 2. The van der Waals surface area contributed by atoms with Crippen LogP contribution in [0.1, 0.15) is 18.0 Å². The number of hydrogen-bond donors (Lipinski definition) is 0. The first-order chi connectivity index (χ1) is 13.5. The van der Waals surface area contributed by atoms with E-state index in [1.165, 1.54) is 23.1 Å². The summed E-state index contributed by atoms with van der Waals surface area (Å²) in [6.45, 7) is 1.48. The van der Waals surface area contributed by atoms with Gasteiger partial charge in [-0.15, -0.1) is 0 Å². The van der Waals surface area contributed by atoms with Gasteiger partial charge in [-0.3, -0.25) is 9.59 Å². The van der Waals surface area contributed by atoms with Gasteiger partial charge in [0.05, 0.1) is 27.7 Å². The summed E-state index contributed by atoms with van der Waals surface area (Å²) in [6, 6.07) is 10.1. The molecule has 0 aliphatic carbocycles. The van der Waals surface area contributed by atoms with E-state index < -0.39 is 12.0 Å². The van der Waals surface area contributed by atoms with E-state index in [2.05, 4.69) is 5.01 Å². The third-order valence-corrected chi connectivity index (χ3v) is 6.52. The molecule has 2 aromatic rings. The van der Waals surface area contributed by atoms with Crippen molar-refractivity contribution in [1.29, 1.82) is 0 Å². The normalized spacial score (nSPS) is 27.5. The third kappa shape index (κ3) is 2.52. The lowest BCUT2D eigenvalue weighted by Gasteiger charge is -2.29. The Labute approximate surface area is 171 Å². The van der Waals surface area contributed by atoms with Crippen molar-refractivity contribution in [2.45, 2.75) is 18.5 Å². The largest absolute Gasteiger partial charge is 0.274 e. The highest BCUT2D eigenvalue weighted by molar-refractivity contribution is 6.42. The summed E-state index contributed by atoms with van der Waals surface area (Å²) in [7, 11) is 0. The van der Waals surface area contributed by atoms with Gasteiger partial charge in [-0.05, 0) is 42.3 Å². The molecule has 0 radical (unpaired) electrons. The summed E-state index contributed by atoms with van der Waals surface area (Å²) in [5.74, 6) is -1.41. The molecule has 144 valence electrons. The number of carbonyl (C=O) groups excluding carboxylic acids is 2. The fraction of sp³-hybridized carbons (Fsp3) is 0.300. The Bertz CT molecular complexity index is 984. The highest BCUT2D eigenvalue weighted by atomic mass is 35.5. The monoisotopic (exact) mass is 419 g/mol. The molecule has 3 saturated heterocycles. The maximum atomic E-state index is 13.4. The van der Waals surface area contributed by atoms with E-state index >= 15 is 0 Å². The second kappa shape index (κ2) is 6.52. The lowest BCUT2D eigenvalue weighted by molar-refractivity contribution is -0.126. The van der Waals surface area contributed by atoms with Crippen molar-refractivity contribution in [3.8, 4) is 0 Å². The molecule has 2 aromatic carbocycles. The summed E-state index contributed by atoms with van der Waals surface area (Å²) < 4.78 is 13.4. The summed E-state index contributed by atoms with van der Waals surface area (Å²) in [5, 5.41) is 4.73. The average molecular weight is 420 g/mol. The number of nitrogens with zero attached hydrogens (tertiary/aromatic N) is 3. The molecule has 3 fully saturated rings. The highest BCUT2D eigenvalue weighted by Gasteiger charge is 2.62. The van der Waals surface area contributed by atoms with Gasteiger partial charge in [-0.25, -0.2) is 19.3 Å². The maximum Gasteiger partial charge on any atom is 0.253 e. The molecule has 5 rings (SSSR count). The number of hydrogen-bond acceptors (Lipinski definition) is 4. The number of fused-ring (bicyclic) bond motifs is 3. The molecular formula is C20H16Cl2FN3O2. The van der Waals surface area contributed by atoms with Crippen molar-refractivity contribution in [3.05, 3.63) is 63.9 Å². The number of halogens is 3. The van der Waals surface area contributed by atoms with Crippen LogP contribution in [0.5, 0.6) is 0 Å². The van der Waals surface area contributed by atoms with Gasteiger partial charge in [0.25, 0.3) is 5.91 Å². The third-order valence-electron chi connectivity index (χ3n) is 5.78. The summed E-state index contributed by atoms with van der Waals surface area (Å²) >= 11 is 12.1. The molecule has 3 atom stereocenters. The van der Waals surface area contributed by atoms with Crippen molar-refractivity contribution < 1.29 is 14.0 Å². The zero-order valence-electron chi connectivity index (χ0n) is 14.7. The molecule has 0 saturated carbocycles. The zero-order chi connectivity index (χ0) is 19.6. The van der Waals surface area contributed by atoms with Gasteiger partial charge in [0, 0.05) is 13.1 Å². The van der Waals surface area contributed by atoms with Crippen LogP contribution in [0.25, 0.3) is 0 Å². The molecule has 2 amide bonds. The van der Waals surface area contributed by atoms with E-state index in [0.717, 1.165) is 18.5 Å². The van der Waals surface area contributed by atoms with Gasteiger partial charge in [0.1, 0.15) is 11.9 Å². The van der Waals surface area contributed by atoms with E-state index in [0.29, 0.717) is 17.3 Å². The van der Waals surface area contributed by atoms with Crippen molar-refractivity contribution >= 4 is 40.7 Å². The molecule has 3 aliphatic rings. The number of benzene rings is 2. The van der Waals surface area contributed by atoms with Gasteiger partial charge in [0.2, 0.25) is 5.91 Å². The van der Waals surface area contributed by atoms with Gasteiger partial charge in [-0.1, -0.05) is 35.3 Å². The molecule has 0 N–H and O–H groups in total. The number of imide groups is 1. The van der Waals surface area contributed by atoms with Gasteiger partial charge in [0.15, 0.2) is 0 Å². The summed E-state index contributed by atoms with van der Waals surface area (Å²) in [4.78, 5) is 27.9. The number of anilines is 1. The highest BCUT2D eigenvalue weighted by Crippen LogP contribution is 2.49. The van der Waals surface area contributed by atoms with Gasteiger partial charge >= 0.3 is 0 Å². The number of rotatable bonds is 2. The summed E-state index contributed by atoms with van der Waals surface area (Å²) in [6.07, 6.45) is 0.912. The van der Waals surface area contributed by atoms with E-state index in [1.54, 1.807) is 24.3 Å². The predicted molar refractivity (Wildman–Crippen MR) is 103 cm³/mol. The lowest BCUT2D eigenvalue weighted by Crippen LogP contribution is -2.44. The molecule has 3 heterocycles. The molecule has 3 aliphatic heterocycles. The van der Waals surface area contributed by atoms with Crippen LogP contribution >= 0.6 is 23.2 Å². The van der Waals surface area contributed by atoms with Crippen molar-refractivity contribution in [2.24, 2.45) is 5.92 Å². The van der Waals surface area contributed by atoms with Crippen LogP contribution in [0.3, 0.4) is 0 Å². The van der Waals surface area contributed by atoms with E-state index in [1.807, 2.05) is 5.01 Å². The lowest BCUT2D eigenvalue weighted by atomic mass is 9.90. The maximum absolute atomic E-state index is 13.4. The Morgan fingerprint density at radius 3 is 2.21 bits per heavy atom. The predicted octanol–water partition coefficient (Wildman–Crippen LogP) is 3.67. The van der Waals surface area contributed by atoms with Crippen molar-refractivity contribution in [1.82, 2.24) is 10.0 Å². The fourth-order valence-electron chi connectivity index (χ4n) is 4.65. The molecular weight excluding hydrogens is 404 g/mol. The molecule has 0 spiro atoms. The second-order valence-electron chi connectivity index (χ2n) is 7.26. The minimum absolute atomic E-state index is 0.259. The first-order valence-electron chi connectivity index (χ1n) is 9.09. The van der Waals surface area contributed by atoms with Crippen molar-refractivity contribution in [3.63, 3.8) is 0 Å². The molecule has 0 aromatic heterocycles. The minimum Gasteiger partial charge on any atom is -0.274 e. The Morgan fingerprint density at radius 2 is 1.54 bits per heavy atom. The standard InChI is InChI=1S/C20H16Cl2FN3O2/c21-14-7-6-13(10-15(14)22)26-19(27)16-17(11-2-4-12(23)5-3-11)24-8-1-9-25(24)18(16)20(26)28/h2-7,10,16-18H,1,8-9H2/t16-,17-,18-/m0/s1. The zero-order valence-corrected chi connectivity index (χ0v) is 16.2. The fourth-order valence-corrected chi connectivity index (χ4v) is 4.94. The van der Waals surface area contributed by atoms with Crippen LogP contribution in [0.4, 0.5) is 10.1 Å². The Hall–Kier alpha value is -1.99. The molecule has 0 unspecified atom stereocenters. The average Bonchev–Trinajstić information content (AvgIpc) is 3.31. The second-order valence-corrected chi connectivity index (χ2v) is 8.07. The number of hydrazine groups is 1. The summed E-state index contributed by atoms with van der Waals surface area (Å²) in [5.41, 5.74) is 1.25. The Morgan fingerprint density at radius 1 is 0.857 bits per heavy atom. The van der Waals surface area contributed by atoms with Crippen LogP contribution in [-0.2, 0) is 9.59 Å². The van der Waals surface area contributed by atoms with Crippen LogP contribution in [0.15, 0.2) is 42.5 Å². The first-order valence-corrected chi connectivity index (χ1v) is 9.84. The van der Waals surface area contributed by atoms with Crippen LogP contribution < -0.4 is 4.90 Å². The van der Waals surface area contributed by atoms with E-state index in [4.69, 9.17) is 23.2 Å². The van der Waals surface area contributed by atoms with Crippen LogP contribution in [-0.4, -0.2) is 41.0 Å². The topological polar surface area (TPSA) is 43.9 Å². The molecule has 28 heavy (non-hydrogen) atoms. The number of carbonyl (C=O) groups is 2. The van der Waals surface area contributed by atoms with Gasteiger partial charge < -0.3 is 0 Å². The molecule has 0 bridgehead atoms. The van der Waals surface area contributed by atoms with Crippen LogP contribution in [0.2, 0.25) is 10.0 Å². The van der Waals surface area contributed by atoms with E-state index in [9.17, 15) is 14.0 Å². The Balaban J connectivity index is 1.58. The minimum atomic E-state index is -0.556. The SMILES string of the molecule is O=C1[C@@H]2[C@@H](C(=O)N1c1ccc(Cl)c(Cl)c1)N1CCCN1[C@H]2c1ccc(F)cc1. The molecule has 5 nitrogen and oxygen atoms in total. The smallest absolute Gasteiger partial charge is 0.253 e.